The van der Waals surface area contributed by atoms with Gasteiger partial charge in [0.05, 0.1) is 0 Å². The molecule has 0 amide bonds. The van der Waals surface area contributed by atoms with E-state index in [0.717, 1.165) is 11.4 Å². The van der Waals surface area contributed by atoms with Crippen molar-refractivity contribution < 1.29 is 0 Å². The zero-order chi connectivity index (χ0) is 12.3. The van der Waals surface area contributed by atoms with Crippen molar-refractivity contribution in [1.82, 2.24) is 0 Å². The van der Waals surface area contributed by atoms with Crippen LogP contribution >= 0.6 is 0 Å². The molecule has 86 valence electrons. The molecule has 0 aliphatic heterocycles. The molecule has 2 nitrogen and oxygen atoms in total. The fourth-order valence-electron chi connectivity index (χ4n) is 0.572. The van der Waals surface area contributed by atoms with Crippen molar-refractivity contribution in [2.75, 3.05) is 0 Å². The highest BCUT2D eigenvalue weighted by molar-refractivity contribution is 5.92. The second-order valence-electron chi connectivity index (χ2n) is 5.91. The Balaban J connectivity index is 4.53. The highest BCUT2D eigenvalue weighted by Gasteiger charge is 2.14. The standard InChI is InChI=1S/C13H24N2/c1-10(12(3,4)5)14-9-15-11(2)13(6,7)8/h9H,1H2,2-8H3. The quantitative estimate of drug-likeness (QED) is 0.482. The van der Waals surface area contributed by atoms with Crippen LogP contribution in [-0.4, -0.2) is 12.1 Å². The Morgan fingerprint density at radius 3 is 1.80 bits per heavy atom. The van der Waals surface area contributed by atoms with Crippen molar-refractivity contribution in [3.63, 3.8) is 0 Å². The van der Waals surface area contributed by atoms with Gasteiger partial charge in [-0.25, -0.2) is 9.98 Å². The number of aliphatic imine (C=N–C) groups is 2. The first-order valence-corrected chi connectivity index (χ1v) is 5.32. The molecule has 0 unspecified atom stereocenters. The molecule has 0 aliphatic carbocycles. The lowest BCUT2D eigenvalue weighted by molar-refractivity contribution is 0.501. The highest BCUT2D eigenvalue weighted by atomic mass is 14.9. The van der Waals surface area contributed by atoms with Crippen LogP contribution in [0.4, 0.5) is 0 Å². The summed E-state index contributed by atoms with van der Waals surface area (Å²) in [5, 5.41) is 0. The molecule has 0 aromatic heterocycles. The van der Waals surface area contributed by atoms with E-state index in [1.807, 2.05) is 6.92 Å². The van der Waals surface area contributed by atoms with E-state index < -0.39 is 0 Å². The molecule has 0 bridgehead atoms. The Hall–Kier alpha value is -0.920. The molecule has 0 atom stereocenters. The summed E-state index contributed by atoms with van der Waals surface area (Å²) in [6.07, 6.45) is 1.61. The largest absolute Gasteiger partial charge is 0.246 e. The van der Waals surface area contributed by atoms with Crippen LogP contribution in [0.2, 0.25) is 0 Å². The molecule has 0 heterocycles. The molecule has 0 aromatic carbocycles. The Kier molecular flexibility index (Phi) is 4.44. The third kappa shape index (κ3) is 5.50. The van der Waals surface area contributed by atoms with Gasteiger partial charge in [-0.05, 0) is 12.3 Å². The Morgan fingerprint density at radius 1 is 1.00 bits per heavy atom. The van der Waals surface area contributed by atoms with Crippen LogP contribution in [0.3, 0.4) is 0 Å². The van der Waals surface area contributed by atoms with Gasteiger partial charge < -0.3 is 0 Å². The fourth-order valence-corrected chi connectivity index (χ4v) is 0.572. The van der Waals surface area contributed by atoms with Crippen molar-refractivity contribution in [3.05, 3.63) is 12.3 Å². The van der Waals surface area contributed by atoms with Crippen molar-refractivity contribution in [2.24, 2.45) is 20.8 Å². The van der Waals surface area contributed by atoms with Gasteiger partial charge in [-0.2, -0.15) is 0 Å². The smallest absolute Gasteiger partial charge is 0.115 e. The number of nitrogens with zero attached hydrogens (tertiary/aromatic N) is 2. The van der Waals surface area contributed by atoms with Crippen molar-refractivity contribution >= 4 is 12.1 Å². The van der Waals surface area contributed by atoms with Gasteiger partial charge >= 0.3 is 0 Å². The summed E-state index contributed by atoms with van der Waals surface area (Å²) in [6.45, 7) is 18.6. The lowest BCUT2D eigenvalue weighted by Crippen LogP contribution is -2.16. The maximum Gasteiger partial charge on any atom is 0.115 e. The van der Waals surface area contributed by atoms with E-state index in [1.165, 1.54) is 0 Å². The molecule has 0 fully saturated rings. The van der Waals surface area contributed by atoms with E-state index in [2.05, 4.69) is 58.1 Å². The highest BCUT2D eigenvalue weighted by Crippen LogP contribution is 2.23. The predicted molar refractivity (Wildman–Crippen MR) is 69.7 cm³/mol. The summed E-state index contributed by atoms with van der Waals surface area (Å²) >= 11 is 0. The van der Waals surface area contributed by atoms with E-state index in [9.17, 15) is 0 Å². The van der Waals surface area contributed by atoms with Gasteiger partial charge in [0.15, 0.2) is 0 Å². The first-order valence-electron chi connectivity index (χ1n) is 5.32. The summed E-state index contributed by atoms with van der Waals surface area (Å²) in [4.78, 5) is 8.56. The van der Waals surface area contributed by atoms with Gasteiger partial charge in [0.1, 0.15) is 6.34 Å². The predicted octanol–water partition coefficient (Wildman–Crippen LogP) is 4.08. The summed E-state index contributed by atoms with van der Waals surface area (Å²) in [6, 6.07) is 0. The average Bonchev–Trinajstić information content (AvgIpc) is 2.00. The van der Waals surface area contributed by atoms with Gasteiger partial charge in [-0.15, -0.1) is 0 Å². The van der Waals surface area contributed by atoms with Crippen molar-refractivity contribution in [3.8, 4) is 0 Å². The SMILES string of the molecule is C=C(N=CN=C(C)C(C)(C)C)C(C)(C)C. The minimum absolute atomic E-state index is 0.0155. The molecule has 0 aromatic rings. The normalized spacial score (nSPS) is 14.7. The molecule has 0 aliphatic rings. The van der Waals surface area contributed by atoms with Gasteiger partial charge in [-0.3, -0.25) is 0 Å². The lowest BCUT2D eigenvalue weighted by Gasteiger charge is -2.18. The molecule has 0 saturated heterocycles. The summed E-state index contributed by atoms with van der Waals surface area (Å²) in [5.74, 6) is 0. The number of rotatable bonds is 2. The molecule has 0 radical (unpaired) electrons. The van der Waals surface area contributed by atoms with Crippen LogP contribution in [0.15, 0.2) is 22.3 Å². The van der Waals surface area contributed by atoms with Gasteiger partial charge in [-0.1, -0.05) is 48.1 Å². The first-order chi connectivity index (χ1) is 6.55. The summed E-state index contributed by atoms with van der Waals surface area (Å²) in [7, 11) is 0. The van der Waals surface area contributed by atoms with E-state index in [0.29, 0.717) is 0 Å². The van der Waals surface area contributed by atoms with Gasteiger partial charge in [0.2, 0.25) is 0 Å². The van der Waals surface area contributed by atoms with E-state index in [1.54, 1.807) is 6.34 Å². The van der Waals surface area contributed by atoms with E-state index >= 15 is 0 Å². The third-order valence-electron chi connectivity index (χ3n) is 2.42. The summed E-state index contributed by atoms with van der Waals surface area (Å²) < 4.78 is 0. The topological polar surface area (TPSA) is 24.7 Å². The molecular formula is C13H24N2. The van der Waals surface area contributed by atoms with Crippen LogP contribution in [0.5, 0.6) is 0 Å². The monoisotopic (exact) mass is 208 g/mol. The maximum atomic E-state index is 4.31. The average molecular weight is 208 g/mol. The summed E-state index contributed by atoms with van der Waals surface area (Å²) in [5.41, 5.74) is 2.05. The van der Waals surface area contributed by atoms with Crippen LogP contribution in [0.25, 0.3) is 0 Å². The molecular weight excluding hydrogens is 184 g/mol. The molecule has 0 N–H and O–H groups in total. The Morgan fingerprint density at radius 2 is 1.47 bits per heavy atom. The van der Waals surface area contributed by atoms with Crippen molar-refractivity contribution in [1.29, 1.82) is 0 Å². The molecule has 0 spiro atoms. The second kappa shape index (κ2) is 4.73. The van der Waals surface area contributed by atoms with Gasteiger partial charge in [0, 0.05) is 16.8 Å². The molecule has 0 rings (SSSR count). The van der Waals surface area contributed by atoms with Gasteiger partial charge in [0.25, 0.3) is 0 Å². The minimum atomic E-state index is 0.0155. The molecule has 15 heavy (non-hydrogen) atoms. The first kappa shape index (κ1) is 14.1. The fraction of sp³-hybridized carbons (Fsp3) is 0.692. The molecule has 2 heteroatoms. The van der Waals surface area contributed by atoms with E-state index in [-0.39, 0.29) is 10.8 Å². The lowest BCUT2D eigenvalue weighted by atomic mass is 9.91. The van der Waals surface area contributed by atoms with Crippen LogP contribution < -0.4 is 0 Å². The van der Waals surface area contributed by atoms with Crippen molar-refractivity contribution in [2.45, 2.75) is 48.5 Å². The number of allylic oxidation sites excluding steroid dienone is 1. The van der Waals surface area contributed by atoms with E-state index in [4.69, 9.17) is 0 Å². The number of hydrogen-bond donors (Lipinski definition) is 0. The van der Waals surface area contributed by atoms with Crippen LogP contribution in [0, 0.1) is 10.8 Å². The number of hydrogen-bond acceptors (Lipinski definition) is 1. The van der Waals surface area contributed by atoms with Crippen LogP contribution in [-0.2, 0) is 0 Å². The van der Waals surface area contributed by atoms with Crippen LogP contribution in [0.1, 0.15) is 48.5 Å². The minimum Gasteiger partial charge on any atom is -0.246 e. The Labute approximate surface area is 94.2 Å². The zero-order valence-electron chi connectivity index (χ0n) is 11.2. The Bertz CT molecular complexity index is 283. The maximum absolute atomic E-state index is 4.31. The third-order valence-corrected chi connectivity index (χ3v) is 2.42. The second-order valence-corrected chi connectivity index (χ2v) is 5.91. The zero-order valence-corrected chi connectivity index (χ0v) is 11.2. The molecule has 0 saturated carbocycles.